The molecule has 2 aromatic heterocycles. The number of aryl methyl sites for hydroxylation is 2. The van der Waals surface area contributed by atoms with Crippen molar-refractivity contribution in [1.82, 2.24) is 14.8 Å². The third-order valence-corrected chi connectivity index (χ3v) is 5.88. The fraction of sp³-hybridized carbons (Fsp3) is 0.250. The minimum absolute atomic E-state index is 0.0778. The van der Waals surface area contributed by atoms with Crippen molar-refractivity contribution in [1.29, 1.82) is 0 Å². The van der Waals surface area contributed by atoms with E-state index in [-0.39, 0.29) is 22.8 Å². The van der Waals surface area contributed by atoms with Crippen molar-refractivity contribution >= 4 is 32.5 Å². The zero-order chi connectivity index (χ0) is 21.9. The van der Waals surface area contributed by atoms with Gasteiger partial charge in [0.2, 0.25) is 0 Å². The summed E-state index contributed by atoms with van der Waals surface area (Å²) in [5.74, 6) is 4.24. The van der Waals surface area contributed by atoms with Crippen LogP contribution in [0.5, 0.6) is 5.75 Å². The van der Waals surface area contributed by atoms with Gasteiger partial charge < -0.3 is 15.2 Å². The van der Waals surface area contributed by atoms with Crippen molar-refractivity contribution in [3.8, 4) is 17.6 Å². The largest absolute Gasteiger partial charge is 0.481 e. The van der Waals surface area contributed by atoms with Crippen LogP contribution in [-0.4, -0.2) is 46.7 Å². The predicted molar refractivity (Wildman–Crippen MR) is 111 cm³/mol. The quantitative estimate of drug-likeness (QED) is 0.549. The second-order valence-electron chi connectivity index (χ2n) is 6.38. The molecule has 2 N–H and O–H groups in total. The second-order valence-corrected chi connectivity index (χ2v) is 8.37. The number of nitrogens with zero attached hydrogens (tertiary/aromatic N) is 3. The Balaban J connectivity index is 1.88. The van der Waals surface area contributed by atoms with Crippen LogP contribution in [0, 0.1) is 18.8 Å². The van der Waals surface area contributed by atoms with Gasteiger partial charge in [0.15, 0.2) is 15.5 Å². The number of ether oxygens (including phenoxy) is 1. The SMILES string of the molecule is CC#CCOc1ccc(S(=O)(=O)CNc2c(C(=O)O)cnc3c2c(C)nn3C)cc1. The number of sulfone groups is 1. The maximum absolute atomic E-state index is 12.8. The molecule has 156 valence electrons. The first-order chi connectivity index (χ1) is 14.2. The monoisotopic (exact) mass is 428 g/mol. The topological polar surface area (TPSA) is 123 Å². The number of carboxylic acid groups (broad SMARTS) is 1. The summed E-state index contributed by atoms with van der Waals surface area (Å²) in [6.07, 6.45) is 1.19. The summed E-state index contributed by atoms with van der Waals surface area (Å²) in [6, 6.07) is 5.95. The average Bonchev–Trinajstić information content (AvgIpc) is 3.00. The molecule has 0 amide bonds. The molecule has 30 heavy (non-hydrogen) atoms. The highest BCUT2D eigenvalue weighted by Crippen LogP contribution is 2.29. The molecule has 0 saturated carbocycles. The van der Waals surface area contributed by atoms with Gasteiger partial charge in [0, 0.05) is 13.2 Å². The van der Waals surface area contributed by atoms with Crippen molar-refractivity contribution < 1.29 is 23.1 Å². The van der Waals surface area contributed by atoms with E-state index in [1.807, 2.05) is 0 Å². The zero-order valence-electron chi connectivity index (χ0n) is 16.6. The first-order valence-electron chi connectivity index (χ1n) is 8.89. The molecule has 1 aromatic carbocycles. The van der Waals surface area contributed by atoms with Crippen LogP contribution in [0.1, 0.15) is 23.0 Å². The Morgan fingerprint density at radius 1 is 1.30 bits per heavy atom. The van der Waals surface area contributed by atoms with E-state index < -0.39 is 21.7 Å². The Labute approximate surface area is 173 Å². The van der Waals surface area contributed by atoms with E-state index in [2.05, 4.69) is 27.2 Å². The third kappa shape index (κ3) is 4.21. The van der Waals surface area contributed by atoms with Crippen molar-refractivity contribution in [2.24, 2.45) is 7.05 Å². The molecular formula is C20H20N4O5S. The number of fused-ring (bicyclic) bond motifs is 1. The van der Waals surface area contributed by atoms with Gasteiger partial charge in [-0.05, 0) is 38.1 Å². The van der Waals surface area contributed by atoms with E-state index in [0.717, 1.165) is 0 Å². The van der Waals surface area contributed by atoms with E-state index >= 15 is 0 Å². The van der Waals surface area contributed by atoms with Crippen molar-refractivity contribution in [3.05, 3.63) is 41.7 Å². The number of nitrogens with one attached hydrogen (secondary N) is 1. The maximum atomic E-state index is 12.8. The van der Waals surface area contributed by atoms with Gasteiger partial charge in [0.05, 0.1) is 21.7 Å². The molecule has 3 rings (SSSR count). The van der Waals surface area contributed by atoms with E-state index in [1.165, 1.54) is 23.0 Å². The molecular weight excluding hydrogens is 408 g/mol. The normalized spacial score (nSPS) is 11.0. The number of carbonyl (C=O) groups is 1. The minimum Gasteiger partial charge on any atom is -0.481 e. The van der Waals surface area contributed by atoms with Gasteiger partial charge in [-0.25, -0.2) is 18.2 Å². The highest BCUT2D eigenvalue weighted by atomic mass is 32.2. The standard InChI is InChI=1S/C20H20N4O5S/c1-4-5-10-29-14-6-8-15(9-7-14)30(27,28)12-22-18-16(20(25)26)11-21-19-17(18)13(2)23-24(19)3/h6-9,11H,10,12H2,1-3H3,(H,21,22)(H,25,26). The summed E-state index contributed by atoms with van der Waals surface area (Å²) >= 11 is 0. The molecule has 9 nitrogen and oxygen atoms in total. The first-order valence-corrected chi connectivity index (χ1v) is 10.5. The van der Waals surface area contributed by atoms with Crippen LogP contribution in [0.3, 0.4) is 0 Å². The van der Waals surface area contributed by atoms with Crippen LogP contribution in [0.2, 0.25) is 0 Å². The molecule has 0 atom stereocenters. The number of benzene rings is 1. The van der Waals surface area contributed by atoms with Crippen LogP contribution in [0.15, 0.2) is 35.4 Å². The van der Waals surface area contributed by atoms with Gasteiger partial charge in [0.25, 0.3) is 0 Å². The smallest absolute Gasteiger partial charge is 0.339 e. The Hall–Kier alpha value is -3.58. The number of aromatic carboxylic acids is 1. The molecule has 0 bridgehead atoms. The average molecular weight is 428 g/mol. The maximum Gasteiger partial charge on any atom is 0.339 e. The number of aromatic nitrogens is 3. The van der Waals surface area contributed by atoms with E-state index in [1.54, 1.807) is 33.0 Å². The summed E-state index contributed by atoms with van der Waals surface area (Å²) < 4.78 is 32.4. The predicted octanol–water partition coefficient (Wildman–Crippen LogP) is 2.22. The number of carboxylic acids is 1. The van der Waals surface area contributed by atoms with Crippen molar-refractivity contribution in [2.45, 2.75) is 18.7 Å². The Morgan fingerprint density at radius 3 is 2.63 bits per heavy atom. The van der Waals surface area contributed by atoms with Crippen LogP contribution in [0.25, 0.3) is 11.0 Å². The molecule has 2 heterocycles. The molecule has 0 aliphatic heterocycles. The Bertz CT molecular complexity index is 1270. The van der Waals surface area contributed by atoms with E-state index in [4.69, 9.17) is 4.74 Å². The summed E-state index contributed by atoms with van der Waals surface area (Å²) in [5, 5.41) is 17.0. The van der Waals surface area contributed by atoms with Gasteiger partial charge in [-0.3, -0.25) is 4.68 Å². The van der Waals surface area contributed by atoms with Gasteiger partial charge in [-0.2, -0.15) is 5.10 Å². The number of hydrogen-bond donors (Lipinski definition) is 2. The molecule has 0 unspecified atom stereocenters. The lowest BCUT2D eigenvalue weighted by atomic mass is 10.1. The highest BCUT2D eigenvalue weighted by Gasteiger charge is 2.22. The van der Waals surface area contributed by atoms with Crippen LogP contribution in [-0.2, 0) is 16.9 Å². The summed E-state index contributed by atoms with van der Waals surface area (Å²) in [7, 11) is -2.07. The zero-order valence-corrected chi connectivity index (χ0v) is 17.4. The Morgan fingerprint density at radius 2 is 2.00 bits per heavy atom. The molecule has 3 aromatic rings. The lowest BCUT2D eigenvalue weighted by molar-refractivity contribution is 0.0697. The van der Waals surface area contributed by atoms with Crippen molar-refractivity contribution in [3.63, 3.8) is 0 Å². The molecule has 10 heteroatoms. The number of hydrogen-bond acceptors (Lipinski definition) is 7. The second kappa shape index (κ2) is 8.42. The molecule has 0 aliphatic rings. The lowest BCUT2D eigenvalue weighted by Crippen LogP contribution is -2.17. The van der Waals surface area contributed by atoms with Crippen molar-refractivity contribution in [2.75, 3.05) is 17.8 Å². The molecule has 0 aliphatic carbocycles. The number of rotatable bonds is 7. The minimum atomic E-state index is -3.75. The summed E-state index contributed by atoms with van der Waals surface area (Å²) in [6.45, 7) is 3.62. The fourth-order valence-electron chi connectivity index (χ4n) is 2.94. The van der Waals surface area contributed by atoms with Crippen LogP contribution in [0.4, 0.5) is 5.69 Å². The van der Waals surface area contributed by atoms with Gasteiger partial charge >= 0.3 is 5.97 Å². The Kier molecular flexibility index (Phi) is 5.94. The lowest BCUT2D eigenvalue weighted by Gasteiger charge is -2.12. The van der Waals surface area contributed by atoms with Gasteiger partial charge in [-0.1, -0.05) is 5.92 Å². The van der Waals surface area contributed by atoms with Crippen LogP contribution < -0.4 is 10.1 Å². The van der Waals surface area contributed by atoms with Crippen LogP contribution >= 0.6 is 0 Å². The summed E-state index contributed by atoms with van der Waals surface area (Å²) in [4.78, 5) is 15.9. The fourth-order valence-corrected chi connectivity index (χ4v) is 3.99. The highest BCUT2D eigenvalue weighted by molar-refractivity contribution is 7.91. The summed E-state index contributed by atoms with van der Waals surface area (Å²) in [5.41, 5.74) is 1.03. The number of anilines is 1. The van der Waals surface area contributed by atoms with Gasteiger partial charge in [0.1, 0.15) is 23.8 Å². The first kappa shape index (κ1) is 21.1. The number of pyridine rings is 1. The third-order valence-electron chi connectivity index (χ3n) is 4.37. The molecule has 0 fully saturated rings. The van der Waals surface area contributed by atoms with E-state index in [0.29, 0.717) is 22.5 Å². The van der Waals surface area contributed by atoms with E-state index in [9.17, 15) is 18.3 Å². The molecule has 0 saturated heterocycles. The molecule has 0 spiro atoms. The van der Waals surface area contributed by atoms with Gasteiger partial charge in [-0.15, -0.1) is 5.92 Å². The molecule has 0 radical (unpaired) electrons.